The van der Waals surface area contributed by atoms with Gasteiger partial charge >= 0.3 is 0 Å². The zero-order valence-corrected chi connectivity index (χ0v) is 16.3. The molecule has 0 bridgehead atoms. The van der Waals surface area contributed by atoms with E-state index in [1.54, 1.807) is 4.68 Å². The minimum Gasteiger partial charge on any atom is -0.372 e. The lowest BCUT2D eigenvalue weighted by molar-refractivity contribution is -0.113. The normalized spacial score (nSPS) is 14.1. The highest BCUT2D eigenvalue weighted by atomic mass is 32.2. The topological polar surface area (TPSA) is 75.9 Å². The van der Waals surface area contributed by atoms with Gasteiger partial charge in [0.1, 0.15) is 0 Å². The number of hydrogen-bond acceptors (Lipinski definition) is 6. The van der Waals surface area contributed by atoms with E-state index < -0.39 is 0 Å². The van der Waals surface area contributed by atoms with Crippen molar-refractivity contribution >= 4 is 29.0 Å². The number of nitrogens with one attached hydrogen (secondary N) is 1. The lowest BCUT2D eigenvalue weighted by atomic mass is 10.1. The highest BCUT2D eigenvalue weighted by molar-refractivity contribution is 7.99. The van der Waals surface area contributed by atoms with Gasteiger partial charge in [-0.2, -0.15) is 4.68 Å². The van der Waals surface area contributed by atoms with Crippen LogP contribution in [0, 0.1) is 0 Å². The summed E-state index contributed by atoms with van der Waals surface area (Å²) in [5.41, 5.74) is 2.88. The molecule has 28 heavy (non-hydrogen) atoms. The van der Waals surface area contributed by atoms with E-state index in [-0.39, 0.29) is 11.7 Å². The summed E-state index contributed by atoms with van der Waals surface area (Å²) in [5, 5.41) is 15.3. The first kappa shape index (κ1) is 18.5. The highest BCUT2D eigenvalue weighted by Crippen LogP contribution is 2.22. The molecule has 7 nitrogen and oxygen atoms in total. The first-order valence-electron chi connectivity index (χ1n) is 9.41. The Bertz CT molecular complexity index is 906. The molecule has 1 amide bonds. The Morgan fingerprint density at radius 2 is 1.71 bits per heavy atom. The van der Waals surface area contributed by atoms with Crippen molar-refractivity contribution in [2.24, 2.45) is 0 Å². The van der Waals surface area contributed by atoms with Crippen molar-refractivity contribution < 1.29 is 4.79 Å². The third kappa shape index (κ3) is 4.51. The average Bonchev–Trinajstić information content (AvgIpc) is 3.23. The van der Waals surface area contributed by atoms with E-state index in [9.17, 15) is 4.79 Å². The smallest absolute Gasteiger partial charge is 0.234 e. The van der Waals surface area contributed by atoms with Gasteiger partial charge in [0.25, 0.3) is 0 Å². The second-order valence-electron chi connectivity index (χ2n) is 6.64. The van der Waals surface area contributed by atoms with E-state index in [1.807, 2.05) is 42.5 Å². The van der Waals surface area contributed by atoms with Crippen molar-refractivity contribution in [1.29, 1.82) is 0 Å². The molecule has 0 spiro atoms. The second-order valence-corrected chi connectivity index (χ2v) is 7.58. The molecule has 0 radical (unpaired) electrons. The van der Waals surface area contributed by atoms with Crippen molar-refractivity contribution in [3.8, 4) is 5.69 Å². The van der Waals surface area contributed by atoms with Crippen LogP contribution in [-0.2, 0) is 4.79 Å². The van der Waals surface area contributed by atoms with Crippen LogP contribution < -0.4 is 10.2 Å². The van der Waals surface area contributed by atoms with Gasteiger partial charge in [0.15, 0.2) is 0 Å². The molecule has 1 fully saturated rings. The van der Waals surface area contributed by atoms with Crippen LogP contribution in [0.5, 0.6) is 0 Å². The van der Waals surface area contributed by atoms with Gasteiger partial charge in [0.05, 0.1) is 11.4 Å². The van der Waals surface area contributed by atoms with Gasteiger partial charge in [-0.15, -0.1) is 5.10 Å². The lowest BCUT2D eigenvalue weighted by Crippen LogP contribution is -2.29. The first-order chi connectivity index (χ1) is 13.8. The molecule has 2 heterocycles. The van der Waals surface area contributed by atoms with E-state index in [0.717, 1.165) is 24.5 Å². The number of nitrogens with zero attached hydrogens (tertiary/aromatic N) is 5. The Hall–Kier alpha value is -2.87. The second kappa shape index (κ2) is 8.88. The van der Waals surface area contributed by atoms with Gasteiger partial charge in [-0.25, -0.2) is 0 Å². The number of hydrogen-bond donors (Lipinski definition) is 1. The molecule has 1 aliphatic rings. The maximum Gasteiger partial charge on any atom is 0.234 e. The molecule has 1 aromatic heterocycles. The minimum absolute atomic E-state index is 0.0849. The number of piperidine rings is 1. The van der Waals surface area contributed by atoms with Crippen LogP contribution in [0.1, 0.15) is 19.3 Å². The summed E-state index contributed by atoms with van der Waals surface area (Å²) in [7, 11) is 0. The molecule has 4 rings (SSSR count). The molecule has 3 aromatic rings. The Morgan fingerprint density at radius 1 is 0.964 bits per heavy atom. The number of amides is 1. The van der Waals surface area contributed by atoms with Gasteiger partial charge in [-0.1, -0.05) is 30.0 Å². The molecule has 8 heteroatoms. The Labute approximate surface area is 168 Å². The number of tetrazole rings is 1. The molecule has 0 unspecified atom stereocenters. The zero-order chi connectivity index (χ0) is 19.2. The Balaban J connectivity index is 1.32. The molecule has 0 aliphatic carbocycles. The van der Waals surface area contributed by atoms with E-state index in [0.29, 0.717) is 5.16 Å². The SMILES string of the molecule is O=C(CSc1nnnn1-c1ccccc1)Nc1ccc(N2CCCCC2)cc1. The summed E-state index contributed by atoms with van der Waals surface area (Å²) in [5.74, 6) is 0.152. The average molecular weight is 395 g/mol. The fraction of sp³-hybridized carbons (Fsp3) is 0.300. The number of thioether (sulfide) groups is 1. The molecule has 144 valence electrons. The monoisotopic (exact) mass is 394 g/mol. The van der Waals surface area contributed by atoms with E-state index in [1.165, 1.54) is 36.7 Å². The first-order valence-corrected chi connectivity index (χ1v) is 10.4. The quantitative estimate of drug-likeness (QED) is 0.646. The predicted molar refractivity (Wildman–Crippen MR) is 111 cm³/mol. The van der Waals surface area contributed by atoms with Crippen molar-refractivity contribution in [3.63, 3.8) is 0 Å². The molecule has 0 atom stereocenters. The fourth-order valence-corrected chi connectivity index (χ4v) is 3.93. The Morgan fingerprint density at radius 3 is 2.46 bits per heavy atom. The number of para-hydroxylation sites is 1. The largest absolute Gasteiger partial charge is 0.372 e. The molecule has 1 aliphatic heterocycles. The number of aromatic nitrogens is 4. The van der Waals surface area contributed by atoms with Crippen LogP contribution in [0.2, 0.25) is 0 Å². The third-order valence-corrected chi connectivity index (χ3v) is 5.57. The summed E-state index contributed by atoms with van der Waals surface area (Å²) in [6.45, 7) is 2.22. The standard InChI is InChI=1S/C20H22N6OS/c27-19(15-28-20-22-23-24-26(20)18-7-3-1-4-8-18)21-16-9-11-17(12-10-16)25-13-5-2-6-14-25/h1,3-4,7-12H,2,5-6,13-15H2,(H,21,27). The minimum atomic E-state index is -0.0849. The molecule has 1 saturated heterocycles. The zero-order valence-electron chi connectivity index (χ0n) is 15.5. The summed E-state index contributed by atoms with van der Waals surface area (Å²) in [4.78, 5) is 14.7. The number of rotatable bonds is 6. The van der Waals surface area contributed by atoms with Crippen molar-refractivity contribution in [3.05, 3.63) is 54.6 Å². The molecule has 1 N–H and O–H groups in total. The van der Waals surface area contributed by atoms with Gasteiger partial charge in [0, 0.05) is 24.5 Å². The van der Waals surface area contributed by atoms with Crippen LogP contribution in [0.25, 0.3) is 5.69 Å². The molecule has 2 aromatic carbocycles. The number of benzene rings is 2. The van der Waals surface area contributed by atoms with Crippen LogP contribution in [0.3, 0.4) is 0 Å². The van der Waals surface area contributed by atoms with Gasteiger partial charge in [-0.05, 0) is 66.1 Å². The third-order valence-electron chi connectivity index (χ3n) is 4.65. The maximum absolute atomic E-state index is 12.3. The fourth-order valence-electron chi connectivity index (χ4n) is 3.24. The van der Waals surface area contributed by atoms with Crippen LogP contribution in [0.4, 0.5) is 11.4 Å². The van der Waals surface area contributed by atoms with Crippen LogP contribution in [0.15, 0.2) is 59.8 Å². The number of carbonyl (C=O) groups excluding carboxylic acids is 1. The van der Waals surface area contributed by atoms with Gasteiger partial charge in [-0.3, -0.25) is 4.79 Å². The van der Waals surface area contributed by atoms with Crippen molar-refractivity contribution in [2.75, 3.05) is 29.1 Å². The van der Waals surface area contributed by atoms with E-state index >= 15 is 0 Å². The Kier molecular flexibility index (Phi) is 5.86. The van der Waals surface area contributed by atoms with E-state index in [2.05, 4.69) is 37.9 Å². The summed E-state index contributed by atoms with van der Waals surface area (Å²) >= 11 is 1.31. The van der Waals surface area contributed by atoms with Crippen LogP contribution in [-0.4, -0.2) is 45.0 Å². The summed E-state index contributed by atoms with van der Waals surface area (Å²) < 4.78 is 1.63. The number of carbonyl (C=O) groups is 1. The molecular formula is C20H22N6OS. The van der Waals surface area contributed by atoms with Crippen molar-refractivity contribution in [1.82, 2.24) is 20.2 Å². The summed E-state index contributed by atoms with van der Waals surface area (Å²) in [6, 6.07) is 17.7. The van der Waals surface area contributed by atoms with Crippen LogP contribution >= 0.6 is 11.8 Å². The summed E-state index contributed by atoms with van der Waals surface area (Å²) in [6.07, 6.45) is 3.81. The maximum atomic E-state index is 12.3. The lowest BCUT2D eigenvalue weighted by Gasteiger charge is -2.28. The molecular weight excluding hydrogens is 372 g/mol. The predicted octanol–water partition coefficient (Wildman–Crippen LogP) is 3.38. The van der Waals surface area contributed by atoms with Crippen molar-refractivity contribution in [2.45, 2.75) is 24.4 Å². The van der Waals surface area contributed by atoms with Gasteiger partial charge in [0.2, 0.25) is 11.1 Å². The number of anilines is 2. The highest BCUT2D eigenvalue weighted by Gasteiger charge is 2.13. The van der Waals surface area contributed by atoms with E-state index in [4.69, 9.17) is 0 Å². The van der Waals surface area contributed by atoms with Gasteiger partial charge < -0.3 is 10.2 Å². The molecule has 0 saturated carbocycles.